The number of carbonyl (C=O) groups excluding carboxylic acids is 4. The summed E-state index contributed by atoms with van der Waals surface area (Å²) in [6, 6.07) is 0. The molecule has 0 radical (unpaired) electrons. The fraction of sp³-hybridized carbons (Fsp3) is 0. The summed E-state index contributed by atoms with van der Waals surface area (Å²) in [5.74, 6) is -8.74. The fourth-order valence-corrected chi connectivity index (χ4v) is 0. The van der Waals surface area contributed by atoms with Crippen LogP contribution in [0.5, 0.6) is 0 Å². The van der Waals surface area contributed by atoms with Crippen molar-refractivity contribution in [1.82, 2.24) is 0 Å². The first kappa shape index (κ1) is 17.6. The van der Waals surface area contributed by atoms with Crippen molar-refractivity contribution < 1.29 is 60.0 Å². The second-order valence-electron chi connectivity index (χ2n) is 1.15. The van der Waals surface area contributed by atoms with Gasteiger partial charge in [-0.1, -0.05) is 0 Å². The Labute approximate surface area is 84.4 Å². The first-order valence-corrected chi connectivity index (χ1v) is 2.13. The van der Waals surface area contributed by atoms with Crippen molar-refractivity contribution in [3.8, 4) is 0 Å². The molecular formula is C4O8Pd. The Morgan fingerprint density at radius 2 is 0.615 bits per heavy atom. The molecule has 8 nitrogen and oxygen atoms in total. The van der Waals surface area contributed by atoms with E-state index < -0.39 is 23.9 Å². The van der Waals surface area contributed by atoms with Crippen molar-refractivity contribution in [2.45, 2.75) is 0 Å². The van der Waals surface area contributed by atoms with Crippen molar-refractivity contribution in [3.05, 3.63) is 0 Å². The quantitative estimate of drug-likeness (QED) is 0.313. The molecule has 0 unspecified atom stereocenters. The summed E-state index contributed by atoms with van der Waals surface area (Å²) >= 11 is 0. The average molecular weight is 282 g/mol. The molecule has 0 saturated heterocycles. The predicted molar refractivity (Wildman–Crippen MR) is 20.0 cm³/mol. The Hall–Kier alpha value is -1.46. The zero-order valence-electron chi connectivity index (χ0n) is 5.58. The van der Waals surface area contributed by atoms with Gasteiger partial charge in [-0.3, -0.25) is 0 Å². The first-order chi connectivity index (χ1) is 5.29. The van der Waals surface area contributed by atoms with Gasteiger partial charge < -0.3 is 39.6 Å². The molecule has 0 spiro atoms. The van der Waals surface area contributed by atoms with E-state index in [9.17, 15) is 0 Å². The monoisotopic (exact) mass is 282 g/mol. The molecule has 0 fully saturated rings. The number of aliphatic carboxylic acids is 4. The molecule has 0 aliphatic heterocycles. The molecule has 0 N–H and O–H groups in total. The number of carbonyl (C=O) groups is 4. The summed E-state index contributed by atoms with van der Waals surface area (Å²) in [6.07, 6.45) is 0. The largest absolute Gasteiger partial charge is 4.00 e. The van der Waals surface area contributed by atoms with E-state index in [-0.39, 0.29) is 20.4 Å². The zero-order valence-corrected chi connectivity index (χ0v) is 7.14. The van der Waals surface area contributed by atoms with Gasteiger partial charge in [0, 0.05) is 0 Å². The molecule has 9 heteroatoms. The van der Waals surface area contributed by atoms with Crippen molar-refractivity contribution in [2.24, 2.45) is 0 Å². The van der Waals surface area contributed by atoms with Crippen LogP contribution in [0.25, 0.3) is 0 Å². The minimum atomic E-state index is -2.19. The van der Waals surface area contributed by atoms with Crippen LogP contribution >= 0.6 is 0 Å². The van der Waals surface area contributed by atoms with Gasteiger partial charge in [-0.05, 0) is 0 Å². The fourth-order valence-electron chi connectivity index (χ4n) is 0. The number of hydrogen-bond donors (Lipinski definition) is 0. The molecule has 0 aliphatic rings. The van der Waals surface area contributed by atoms with Gasteiger partial charge in [0.15, 0.2) is 0 Å². The van der Waals surface area contributed by atoms with Crippen LogP contribution < -0.4 is 20.4 Å². The Balaban J connectivity index is -0.000000143. The minimum absolute atomic E-state index is 0. The molecule has 0 atom stereocenters. The van der Waals surface area contributed by atoms with Gasteiger partial charge in [0.05, 0.1) is 23.9 Å². The summed E-state index contributed by atoms with van der Waals surface area (Å²) in [5, 5.41) is 35.7. The maximum Gasteiger partial charge on any atom is 4.00 e. The molecule has 0 aliphatic carbocycles. The minimum Gasteiger partial charge on any atom is -0.543 e. The Bertz CT molecular complexity index is 172. The SMILES string of the molecule is O=C([O-])C(=O)[O-].O=C([O-])C(=O)[O-].[Pd+4]. The van der Waals surface area contributed by atoms with Crippen LogP contribution in [0.4, 0.5) is 0 Å². The topological polar surface area (TPSA) is 161 Å². The van der Waals surface area contributed by atoms with Gasteiger partial charge in [-0.15, -0.1) is 0 Å². The number of carboxylic acid groups (broad SMARTS) is 4. The van der Waals surface area contributed by atoms with Crippen molar-refractivity contribution >= 4 is 23.9 Å². The Morgan fingerprint density at radius 1 is 0.538 bits per heavy atom. The van der Waals surface area contributed by atoms with E-state index in [4.69, 9.17) is 39.6 Å². The van der Waals surface area contributed by atoms with Crippen LogP contribution in [0, 0.1) is 0 Å². The summed E-state index contributed by atoms with van der Waals surface area (Å²) in [6.45, 7) is 0. The summed E-state index contributed by atoms with van der Waals surface area (Å²) in [5.41, 5.74) is 0. The maximum atomic E-state index is 8.93. The molecular weight excluding hydrogens is 282 g/mol. The smallest absolute Gasteiger partial charge is 0.543 e. The van der Waals surface area contributed by atoms with Crippen LogP contribution in [0.15, 0.2) is 0 Å². The van der Waals surface area contributed by atoms with Crippen LogP contribution in [0.3, 0.4) is 0 Å². The van der Waals surface area contributed by atoms with Gasteiger partial charge in [-0.2, -0.15) is 0 Å². The number of rotatable bonds is 0. The van der Waals surface area contributed by atoms with Gasteiger partial charge in [0.1, 0.15) is 0 Å². The van der Waals surface area contributed by atoms with E-state index in [1.165, 1.54) is 0 Å². The summed E-state index contributed by atoms with van der Waals surface area (Å²) in [7, 11) is 0. The molecule has 0 heterocycles. The zero-order chi connectivity index (χ0) is 10.3. The van der Waals surface area contributed by atoms with Crippen LogP contribution in [-0.4, -0.2) is 23.9 Å². The Morgan fingerprint density at radius 3 is 0.615 bits per heavy atom. The summed E-state index contributed by atoms with van der Waals surface area (Å²) < 4.78 is 0. The first-order valence-electron chi connectivity index (χ1n) is 2.13. The molecule has 0 bridgehead atoms. The van der Waals surface area contributed by atoms with Gasteiger partial charge in [0.2, 0.25) is 0 Å². The Kier molecular flexibility index (Phi) is 11.7. The van der Waals surface area contributed by atoms with Gasteiger partial charge in [0.25, 0.3) is 0 Å². The van der Waals surface area contributed by atoms with Crippen LogP contribution in [0.1, 0.15) is 0 Å². The van der Waals surface area contributed by atoms with E-state index in [1.807, 2.05) is 0 Å². The van der Waals surface area contributed by atoms with E-state index in [2.05, 4.69) is 0 Å². The predicted octanol–water partition coefficient (Wildman–Crippen LogP) is -7.03. The van der Waals surface area contributed by atoms with Crippen molar-refractivity contribution in [3.63, 3.8) is 0 Å². The third kappa shape index (κ3) is 18.0. The van der Waals surface area contributed by atoms with E-state index in [0.29, 0.717) is 0 Å². The summed E-state index contributed by atoms with van der Waals surface area (Å²) in [4.78, 5) is 35.7. The normalized spacial score (nSPS) is 6.77. The molecule has 0 aromatic heterocycles. The molecule has 0 aromatic carbocycles. The second kappa shape index (κ2) is 8.64. The molecule has 0 aromatic rings. The molecule has 74 valence electrons. The second-order valence-corrected chi connectivity index (χ2v) is 1.15. The van der Waals surface area contributed by atoms with E-state index >= 15 is 0 Å². The van der Waals surface area contributed by atoms with Gasteiger partial charge >= 0.3 is 20.4 Å². The number of carboxylic acids is 4. The standard InChI is InChI=1S/2C2H2O4.Pd/c2*3-1(4)2(5)6;/h2*(H,3,4)(H,5,6);/q;;+4/p-4. The van der Waals surface area contributed by atoms with Crippen LogP contribution in [-0.2, 0) is 39.6 Å². The third-order valence-electron chi connectivity index (χ3n) is 0.333. The molecule has 0 rings (SSSR count). The van der Waals surface area contributed by atoms with Crippen LogP contribution in [0.2, 0.25) is 0 Å². The van der Waals surface area contributed by atoms with Crippen molar-refractivity contribution in [1.29, 1.82) is 0 Å². The van der Waals surface area contributed by atoms with Gasteiger partial charge in [-0.25, -0.2) is 0 Å². The molecule has 0 amide bonds. The number of hydrogen-bond acceptors (Lipinski definition) is 8. The molecule has 13 heavy (non-hydrogen) atoms. The van der Waals surface area contributed by atoms with E-state index in [0.717, 1.165) is 0 Å². The third-order valence-corrected chi connectivity index (χ3v) is 0.333. The van der Waals surface area contributed by atoms with Crippen molar-refractivity contribution in [2.75, 3.05) is 0 Å². The molecule has 0 saturated carbocycles. The maximum absolute atomic E-state index is 8.93. The average Bonchev–Trinajstić information content (AvgIpc) is 1.88. The van der Waals surface area contributed by atoms with E-state index in [1.54, 1.807) is 0 Å².